The van der Waals surface area contributed by atoms with Gasteiger partial charge in [0.25, 0.3) is 0 Å². The first-order valence-electron chi connectivity index (χ1n) is 6.06. The van der Waals surface area contributed by atoms with E-state index in [1.807, 2.05) is 11.8 Å². The van der Waals surface area contributed by atoms with E-state index in [0.717, 1.165) is 11.7 Å². The summed E-state index contributed by atoms with van der Waals surface area (Å²) in [5.41, 5.74) is 3.78. The Morgan fingerprint density at radius 2 is 1.80 bits per heavy atom. The van der Waals surface area contributed by atoms with Gasteiger partial charge in [-0.05, 0) is 31.4 Å². The lowest BCUT2D eigenvalue weighted by Gasteiger charge is -2.16. The standard InChI is InChI=1S/C12H16N2S.H3O4P/c1-9-5-3-6-10(2)11(9)14-12-13-7-4-8-15-12;1-5(2,3)4/h3,5-6H,4,7-8H2,1-2H3,(H,13,14);(H3,1,2,3,4). The summed E-state index contributed by atoms with van der Waals surface area (Å²) in [6, 6.07) is 6.35. The van der Waals surface area contributed by atoms with Crippen LogP contribution in [0.1, 0.15) is 17.5 Å². The van der Waals surface area contributed by atoms with Gasteiger partial charge in [0.1, 0.15) is 0 Å². The van der Waals surface area contributed by atoms with E-state index in [0.29, 0.717) is 0 Å². The highest BCUT2D eigenvalue weighted by Crippen LogP contribution is 2.26. The van der Waals surface area contributed by atoms with Crippen LogP contribution in [-0.4, -0.2) is 32.1 Å². The van der Waals surface area contributed by atoms with Crippen molar-refractivity contribution in [1.82, 2.24) is 0 Å². The molecule has 1 heterocycles. The van der Waals surface area contributed by atoms with Crippen molar-refractivity contribution < 1.29 is 19.2 Å². The van der Waals surface area contributed by atoms with E-state index in [2.05, 4.69) is 42.4 Å². The molecule has 112 valence electrons. The Bertz CT molecular complexity index is 502. The molecule has 0 spiro atoms. The molecule has 8 heteroatoms. The quantitative estimate of drug-likeness (QED) is 0.593. The number of para-hydroxylation sites is 1. The number of rotatable bonds is 1. The second-order valence-corrected chi connectivity index (χ2v) is 6.40. The monoisotopic (exact) mass is 318 g/mol. The average molecular weight is 318 g/mol. The molecule has 0 saturated carbocycles. The topological polar surface area (TPSA) is 102 Å². The molecule has 0 unspecified atom stereocenters. The van der Waals surface area contributed by atoms with E-state index < -0.39 is 7.82 Å². The van der Waals surface area contributed by atoms with Gasteiger partial charge in [0.05, 0.1) is 0 Å². The Labute approximate surface area is 122 Å². The number of thioether (sulfide) groups is 1. The fraction of sp³-hybridized carbons (Fsp3) is 0.417. The van der Waals surface area contributed by atoms with Crippen LogP contribution in [0.3, 0.4) is 0 Å². The van der Waals surface area contributed by atoms with Crippen LogP contribution in [0.2, 0.25) is 0 Å². The van der Waals surface area contributed by atoms with Gasteiger partial charge < -0.3 is 20.0 Å². The van der Waals surface area contributed by atoms with Crippen molar-refractivity contribution in [3.05, 3.63) is 29.3 Å². The molecule has 4 N–H and O–H groups in total. The highest BCUT2D eigenvalue weighted by atomic mass is 32.2. The molecule has 1 aliphatic heterocycles. The molecule has 0 fully saturated rings. The number of nitrogens with one attached hydrogen (secondary N) is 1. The fourth-order valence-electron chi connectivity index (χ4n) is 1.65. The Morgan fingerprint density at radius 1 is 1.25 bits per heavy atom. The Balaban J connectivity index is 0.000000347. The first-order chi connectivity index (χ1) is 9.27. The zero-order valence-electron chi connectivity index (χ0n) is 11.4. The predicted octanol–water partition coefficient (Wildman–Crippen LogP) is 2.28. The molecule has 1 aliphatic rings. The zero-order chi connectivity index (χ0) is 15.2. The maximum Gasteiger partial charge on any atom is 0.466 e. The van der Waals surface area contributed by atoms with Crippen LogP contribution in [0, 0.1) is 13.8 Å². The maximum atomic E-state index is 8.88. The molecule has 0 bridgehead atoms. The molecule has 1 aromatic carbocycles. The van der Waals surface area contributed by atoms with Crippen molar-refractivity contribution >= 4 is 30.4 Å². The summed E-state index contributed by atoms with van der Waals surface area (Å²) in [6.07, 6.45) is 1.20. The second-order valence-electron chi connectivity index (χ2n) is 4.29. The third-order valence-corrected chi connectivity index (χ3v) is 3.51. The van der Waals surface area contributed by atoms with Crippen molar-refractivity contribution in [2.75, 3.05) is 17.6 Å². The van der Waals surface area contributed by atoms with Crippen LogP contribution in [0.15, 0.2) is 23.2 Å². The molecule has 0 amide bonds. The molecule has 0 radical (unpaired) electrons. The fourth-order valence-corrected chi connectivity index (χ4v) is 2.48. The van der Waals surface area contributed by atoms with Gasteiger partial charge in [0.15, 0.2) is 5.17 Å². The predicted molar refractivity (Wildman–Crippen MR) is 83.2 cm³/mol. The number of phosphoric acid groups is 1. The molecule has 6 nitrogen and oxygen atoms in total. The van der Waals surface area contributed by atoms with Gasteiger partial charge >= 0.3 is 7.82 Å². The van der Waals surface area contributed by atoms with Gasteiger partial charge in [0, 0.05) is 18.0 Å². The Hall–Kier alpha value is -0.850. The number of hydrogen-bond donors (Lipinski definition) is 4. The second kappa shape index (κ2) is 7.81. The van der Waals surface area contributed by atoms with Crippen LogP contribution in [0.4, 0.5) is 5.69 Å². The smallest absolute Gasteiger partial charge is 0.335 e. The SMILES string of the molecule is Cc1cccc(C)c1NC1=NCCCS1.O=P(O)(O)O. The van der Waals surface area contributed by atoms with Gasteiger partial charge in [-0.1, -0.05) is 30.0 Å². The first-order valence-corrected chi connectivity index (χ1v) is 8.61. The summed E-state index contributed by atoms with van der Waals surface area (Å²) < 4.78 is 8.88. The summed E-state index contributed by atoms with van der Waals surface area (Å²) in [5, 5.41) is 4.50. The van der Waals surface area contributed by atoms with Crippen molar-refractivity contribution in [3.63, 3.8) is 0 Å². The summed E-state index contributed by atoms with van der Waals surface area (Å²) >= 11 is 1.81. The van der Waals surface area contributed by atoms with Crippen molar-refractivity contribution in [2.24, 2.45) is 4.99 Å². The molecule has 0 aliphatic carbocycles. The molecule has 1 aromatic rings. The number of aliphatic imine (C=N–C) groups is 1. The average Bonchev–Trinajstić information content (AvgIpc) is 2.33. The maximum absolute atomic E-state index is 8.88. The first kappa shape index (κ1) is 17.2. The third-order valence-electron chi connectivity index (χ3n) is 2.51. The van der Waals surface area contributed by atoms with E-state index in [9.17, 15) is 0 Å². The number of benzene rings is 1. The van der Waals surface area contributed by atoms with E-state index in [1.165, 1.54) is 29.0 Å². The van der Waals surface area contributed by atoms with Gasteiger partial charge in [0.2, 0.25) is 0 Å². The van der Waals surface area contributed by atoms with E-state index in [4.69, 9.17) is 19.2 Å². The minimum absolute atomic E-state index is 0.959. The van der Waals surface area contributed by atoms with Crippen LogP contribution < -0.4 is 5.32 Å². The van der Waals surface area contributed by atoms with Crippen LogP contribution in [0.25, 0.3) is 0 Å². The minimum atomic E-state index is -4.64. The number of aryl methyl sites for hydroxylation is 2. The summed E-state index contributed by atoms with van der Waals surface area (Å²) in [5.74, 6) is 1.18. The lowest BCUT2D eigenvalue weighted by Crippen LogP contribution is -2.14. The lowest BCUT2D eigenvalue weighted by atomic mass is 10.1. The van der Waals surface area contributed by atoms with E-state index in [-0.39, 0.29) is 0 Å². The van der Waals surface area contributed by atoms with Gasteiger partial charge in [-0.3, -0.25) is 4.99 Å². The number of hydrogen-bond acceptors (Lipinski definition) is 4. The molecular weight excluding hydrogens is 299 g/mol. The highest BCUT2D eigenvalue weighted by Gasteiger charge is 2.08. The summed E-state index contributed by atoms with van der Waals surface area (Å²) in [7, 11) is -4.64. The number of nitrogens with zero attached hydrogens (tertiary/aromatic N) is 1. The van der Waals surface area contributed by atoms with Crippen LogP contribution in [-0.2, 0) is 4.57 Å². The molecule has 0 aromatic heterocycles. The van der Waals surface area contributed by atoms with Crippen LogP contribution >= 0.6 is 19.6 Å². The number of anilines is 1. The Morgan fingerprint density at radius 3 is 2.25 bits per heavy atom. The minimum Gasteiger partial charge on any atom is -0.335 e. The molecule has 0 saturated heterocycles. The summed E-state index contributed by atoms with van der Waals surface area (Å²) in [4.78, 5) is 26.0. The van der Waals surface area contributed by atoms with Gasteiger partial charge in [-0.25, -0.2) is 4.57 Å². The van der Waals surface area contributed by atoms with Crippen LogP contribution in [0.5, 0.6) is 0 Å². The normalized spacial score (nSPS) is 14.9. The largest absolute Gasteiger partial charge is 0.466 e. The zero-order valence-corrected chi connectivity index (χ0v) is 13.1. The molecule has 0 atom stereocenters. The number of amidine groups is 1. The van der Waals surface area contributed by atoms with E-state index in [1.54, 1.807) is 0 Å². The molecule has 20 heavy (non-hydrogen) atoms. The highest BCUT2D eigenvalue weighted by molar-refractivity contribution is 8.14. The molecule has 2 rings (SSSR count). The van der Waals surface area contributed by atoms with Crippen molar-refractivity contribution in [3.8, 4) is 0 Å². The van der Waals surface area contributed by atoms with Crippen molar-refractivity contribution in [2.45, 2.75) is 20.3 Å². The van der Waals surface area contributed by atoms with Gasteiger partial charge in [-0.15, -0.1) is 0 Å². The summed E-state index contributed by atoms with van der Waals surface area (Å²) in [6.45, 7) is 5.22. The lowest BCUT2D eigenvalue weighted by molar-refractivity contribution is 0.275. The van der Waals surface area contributed by atoms with E-state index >= 15 is 0 Å². The van der Waals surface area contributed by atoms with Gasteiger partial charge in [-0.2, -0.15) is 0 Å². The van der Waals surface area contributed by atoms with Crippen molar-refractivity contribution in [1.29, 1.82) is 0 Å². The Kier molecular flexibility index (Phi) is 6.71. The molecular formula is C12H19N2O4PS. The third kappa shape index (κ3) is 7.07.